The fourth-order valence-corrected chi connectivity index (χ4v) is 4.49. The number of fused-ring (bicyclic) bond motifs is 2. The van der Waals surface area contributed by atoms with Gasteiger partial charge in [0.15, 0.2) is 11.4 Å². The molecule has 1 unspecified atom stereocenters. The minimum atomic E-state index is 0.105. The lowest BCUT2D eigenvalue weighted by atomic mass is 9.82. The number of ketones is 1. The van der Waals surface area contributed by atoms with Crippen LogP contribution in [0.2, 0.25) is 0 Å². The molecule has 1 aliphatic rings. The van der Waals surface area contributed by atoms with Crippen LogP contribution in [-0.2, 0) is 12.8 Å². The normalized spacial score (nSPS) is 15.6. The van der Waals surface area contributed by atoms with E-state index in [0.717, 1.165) is 58.1 Å². The van der Waals surface area contributed by atoms with E-state index < -0.39 is 0 Å². The summed E-state index contributed by atoms with van der Waals surface area (Å²) < 4.78 is 12.3. The molecule has 1 aliphatic carbocycles. The molecule has 6 heteroatoms. The van der Waals surface area contributed by atoms with Crippen LogP contribution in [0.1, 0.15) is 46.6 Å². The molecule has 32 heavy (non-hydrogen) atoms. The highest BCUT2D eigenvalue weighted by molar-refractivity contribution is 5.99. The average molecular weight is 428 g/mol. The zero-order valence-corrected chi connectivity index (χ0v) is 18.5. The van der Waals surface area contributed by atoms with Crippen molar-refractivity contribution in [3.8, 4) is 22.6 Å². The second-order valence-corrected chi connectivity index (χ2v) is 8.07. The molecule has 0 saturated heterocycles. The van der Waals surface area contributed by atoms with Crippen molar-refractivity contribution in [3.63, 3.8) is 0 Å². The molecular weight excluding hydrogens is 402 g/mol. The van der Waals surface area contributed by atoms with Crippen molar-refractivity contribution in [2.45, 2.75) is 32.1 Å². The van der Waals surface area contributed by atoms with Gasteiger partial charge in [-0.1, -0.05) is 31.2 Å². The maximum Gasteiger partial charge on any atom is 0.166 e. The maximum atomic E-state index is 13.0. The summed E-state index contributed by atoms with van der Waals surface area (Å²) >= 11 is 0. The minimum absolute atomic E-state index is 0.105. The van der Waals surface area contributed by atoms with E-state index in [-0.39, 0.29) is 11.7 Å². The summed E-state index contributed by atoms with van der Waals surface area (Å²) in [5.74, 6) is 1.84. The molecule has 162 valence electrons. The van der Waals surface area contributed by atoms with Crippen LogP contribution >= 0.6 is 0 Å². The Kier molecular flexibility index (Phi) is 5.13. The number of aryl methyl sites for hydroxylation is 1. The molecule has 4 aromatic rings. The summed E-state index contributed by atoms with van der Waals surface area (Å²) in [7, 11) is 3.31. The number of rotatable bonds is 5. The molecule has 0 saturated carbocycles. The summed E-state index contributed by atoms with van der Waals surface area (Å²) in [6, 6.07) is 15.9. The zero-order chi connectivity index (χ0) is 22.2. The van der Waals surface area contributed by atoms with Crippen molar-refractivity contribution >= 4 is 11.4 Å². The average Bonchev–Trinajstić information content (AvgIpc) is 3.20. The van der Waals surface area contributed by atoms with Gasteiger partial charge in [-0.2, -0.15) is 5.10 Å². The van der Waals surface area contributed by atoms with Gasteiger partial charge in [-0.05, 0) is 54.2 Å². The molecule has 0 fully saturated rings. The quantitative estimate of drug-likeness (QED) is 0.454. The highest BCUT2D eigenvalue weighted by Gasteiger charge is 2.29. The Morgan fingerprint density at radius 2 is 1.62 bits per heavy atom. The van der Waals surface area contributed by atoms with Gasteiger partial charge in [0, 0.05) is 18.2 Å². The van der Waals surface area contributed by atoms with Crippen LogP contribution in [0.15, 0.2) is 54.7 Å². The Balaban J connectivity index is 1.59. The smallest absolute Gasteiger partial charge is 0.166 e. The van der Waals surface area contributed by atoms with Crippen LogP contribution < -0.4 is 9.47 Å². The molecule has 2 heterocycles. The topological polar surface area (TPSA) is 65.7 Å². The van der Waals surface area contributed by atoms with Gasteiger partial charge in [0.25, 0.3) is 0 Å². The van der Waals surface area contributed by atoms with Gasteiger partial charge in [0.05, 0.1) is 31.2 Å². The highest BCUT2D eigenvalue weighted by Crippen LogP contribution is 2.35. The summed E-state index contributed by atoms with van der Waals surface area (Å²) in [6.45, 7) is 2.08. The molecule has 6 nitrogen and oxygen atoms in total. The Labute approximate surface area is 186 Å². The van der Waals surface area contributed by atoms with Gasteiger partial charge in [0.1, 0.15) is 11.5 Å². The van der Waals surface area contributed by atoms with Crippen LogP contribution in [0.3, 0.4) is 0 Å². The van der Waals surface area contributed by atoms with Crippen molar-refractivity contribution in [2.75, 3.05) is 14.2 Å². The number of ether oxygens (including phenoxy) is 2. The maximum absolute atomic E-state index is 13.0. The van der Waals surface area contributed by atoms with E-state index in [4.69, 9.17) is 19.6 Å². The number of Topliss-reactive ketones (excluding diaryl/α,β-unsaturated/α-hetero) is 1. The first-order valence-corrected chi connectivity index (χ1v) is 10.8. The number of benzene rings is 2. The van der Waals surface area contributed by atoms with Crippen LogP contribution in [0.5, 0.6) is 11.5 Å². The van der Waals surface area contributed by atoms with Gasteiger partial charge in [-0.15, -0.1) is 0 Å². The van der Waals surface area contributed by atoms with E-state index in [1.165, 1.54) is 0 Å². The van der Waals surface area contributed by atoms with Gasteiger partial charge >= 0.3 is 0 Å². The molecule has 0 spiro atoms. The molecule has 0 aliphatic heterocycles. The van der Waals surface area contributed by atoms with Crippen molar-refractivity contribution < 1.29 is 14.3 Å². The van der Waals surface area contributed by atoms with E-state index in [9.17, 15) is 4.79 Å². The number of hydrogen-bond acceptors (Lipinski definition) is 5. The molecule has 2 aromatic heterocycles. The van der Waals surface area contributed by atoms with Crippen molar-refractivity contribution in [2.24, 2.45) is 0 Å². The second kappa shape index (κ2) is 8.11. The van der Waals surface area contributed by atoms with Crippen molar-refractivity contribution in [1.29, 1.82) is 0 Å². The van der Waals surface area contributed by atoms with E-state index in [1.807, 2.05) is 54.7 Å². The highest BCUT2D eigenvalue weighted by atomic mass is 16.5. The fourth-order valence-electron chi connectivity index (χ4n) is 4.49. The van der Waals surface area contributed by atoms with E-state index in [2.05, 4.69) is 6.92 Å². The molecule has 5 rings (SSSR count). The van der Waals surface area contributed by atoms with E-state index >= 15 is 0 Å². The largest absolute Gasteiger partial charge is 0.497 e. The first kappa shape index (κ1) is 20.2. The van der Waals surface area contributed by atoms with Crippen LogP contribution in [-0.4, -0.2) is 34.6 Å². The van der Waals surface area contributed by atoms with Gasteiger partial charge in [-0.3, -0.25) is 4.79 Å². The molecule has 1 atom stereocenters. The molecule has 2 aromatic carbocycles. The summed E-state index contributed by atoms with van der Waals surface area (Å²) in [6.07, 6.45) is 3.83. The number of methoxy groups -OCH3 is 2. The lowest BCUT2D eigenvalue weighted by molar-refractivity contribution is 0.0962. The van der Waals surface area contributed by atoms with Crippen molar-refractivity contribution in [1.82, 2.24) is 14.6 Å². The van der Waals surface area contributed by atoms with Crippen LogP contribution in [0.4, 0.5) is 0 Å². The zero-order valence-electron chi connectivity index (χ0n) is 18.5. The number of nitrogens with zero attached hydrogens (tertiary/aromatic N) is 3. The first-order valence-electron chi connectivity index (χ1n) is 10.8. The van der Waals surface area contributed by atoms with E-state index in [0.29, 0.717) is 12.0 Å². The fraction of sp³-hybridized carbons (Fsp3) is 0.269. The number of hydrogen-bond donors (Lipinski definition) is 0. The third kappa shape index (κ3) is 3.42. The number of carbonyl (C=O) groups excluding carboxylic acids is 1. The standard InChI is InChI=1S/C26H25N3O3/c1-4-22-25(17-7-11-20(32-3)12-8-17)26-27-23-13-18(16-5-9-19(31-2)10-6-16)14-24(30)21(23)15-29(26)28-22/h5-12,15,18H,4,13-14H2,1-3H3. The second-order valence-electron chi connectivity index (χ2n) is 8.07. The summed E-state index contributed by atoms with van der Waals surface area (Å²) in [4.78, 5) is 18.0. The summed E-state index contributed by atoms with van der Waals surface area (Å²) in [5, 5.41) is 4.75. The molecular formula is C26H25N3O3. The predicted molar refractivity (Wildman–Crippen MR) is 123 cm³/mol. The molecule has 0 N–H and O–H groups in total. The summed E-state index contributed by atoms with van der Waals surface area (Å²) in [5.41, 5.74) is 6.44. The van der Waals surface area contributed by atoms with Crippen LogP contribution in [0, 0.1) is 0 Å². The monoisotopic (exact) mass is 427 g/mol. The lowest BCUT2D eigenvalue weighted by Crippen LogP contribution is -2.21. The van der Waals surface area contributed by atoms with Crippen LogP contribution in [0.25, 0.3) is 16.8 Å². The predicted octanol–water partition coefficient (Wildman–Crippen LogP) is 4.89. The molecule has 0 radical (unpaired) electrons. The third-order valence-corrected chi connectivity index (χ3v) is 6.23. The minimum Gasteiger partial charge on any atom is -0.497 e. The first-order chi connectivity index (χ1) is 15.6. The van der Waals surface area contributed by atoms with Gasteiger partial charge in [0.2, 0.25) is 0 Å². The number of carbonyl (C=O) groups is 1. The Hall–Kier alpha value is -3.67. The SMILES string of the molecule is CCc1nn2cc3c(nc2c1-c1ccc(OC)cc1)CC(c1ccc(OC)cc1)CC3=O. The van der Waals surface area contributed by atoms with Crippen molar-refractivity contribution in [3.05, 3.63) is 77.2 Å². The third-order valence-electron chi connectivity index (χ3n) is 6.23. The Morgan fingerprint density at radius 3 is 2.25 bits per heavy atom. The number of aromatic nitrogens is 3. The van der Waals surface area contributed by atoms with Gasteiger partial charge < -0.3 is 9.47 Å². The Bertz CT molecular complexity index is 1290. The van der Waals surface area contributed by atoms with Gasteiger partial charge in [-0.25, -0.2) is 9.50 Å². The van der Waals surface area contributed by atoms with E-state index in [1.54, 1.807) is 18.7 Å². The lowest BCUT2D eigenvalue weighted by Gasteiger charge is -2.23. The molecule has 0 amide bonds. The molecule has 0 bridgehead atoms. The Morgan fingerprint density at radius 1 is 0.969 bits per heavy atom.